The summed E-state index contributed by atoms with van der Waals surface area (Å²) < 4.78 is 14.5. The van der Waals surface area contributed by atoms with Crippen LogP contribution in [0.4, 0.5) is 0 Å². The van der Waals surface area contributed by atoms with Crippen LogP contribution >= 0.6 is 0 Å². The molecule has 0 atom stereocenters. The first kappa shape index (κ1) is 18.0. The Kier molecular flexibility index (Phi) is 4.50. The van der Waals surface area contributed by atoms with Crippen LogP contribution in [0.25, 0.3) is 28.0 Å². The number of nitrogens with zero attached hydrogens (tertiary/aromatic N) is 4. The molecule has 0 unspecified atom stereocenters. The van der Waals surface area contributed by atoms with E-state index >= 15 is 0 Å². The lowest BCUT2D eigenvalue weighted by molar-refractivity contribution is 0.0525. The summed E-state index contributed by atoms with van der Waals surface area (Å²) in [5.41, 5.74) is 6.43. The van der Waals surface area contributed by atoms with Gasteiger partial charge in [0.1, 0.15) is 12.0 Å². The highest BCUT2D eigenvalue weighted by molar-refractivity contribution is 5.91. The molecule has 0 radical (unpaired) electrons. The Hall–Kier alpha value is -3.35. The average Bonchev–Trinajstić information content (AvgIpc) is 3.39. The van der Waals surface area contributed by atoms with E-state index in [-0.39, 0.29) is 5.97 Å². The molecule has 0 fully saturated rings. The molecule has 0 spiro atoms. The van der Waals surface area contributed by atoms with Crippen LogP contribution in [-0.2, 0) is 11.3 Å². The zero-order valence-electron chi connectivity index (χ0n) is 16.4. The zero-order valence-corrected chi connectivity index (χ0v) is 16.4. The molecule has 28 heavy (non-hydrogen) atoms. The Morgan fingerprint density at radius 2 is 2.07 bits per heavy atom. The maximum atomic E-state index is 11.9. The Balaban J connectivity index is 1.79. The summed E-state index contributed by atoms with van der Waals surface area (Å²) in [6.45, 7) is 9.09. The van der Waals surface area contributed by atoms with E-state index in [0.717, 1.165) is 40.1 Å². The fourth-order valence-corrected chi connectivity index (χ4v) is 3.53. The lowest BCUT2D eigenvalue weighted by Crippen LogP contribution is -2.02. The summed E-state index contributed by atoms with van der Waals surface area (Å²) in [5.74, 6) is 0.220. The summed E-state index contributed by atoms with van der Waals surface area (Å²) in [7, 11) is 0. The number of carbonyl (C=O) groups excluding carboxylic acids is 1. The van der Waals surface area contributed by atoms with Crippen molar-refractivity contribution in [3.05, 3.63) is 53.8 Å². The van der Waals surface area contributed by atoms with Crippen LogP contribution in [0.3, 0.4) is 0 Å². The van der Waals surface area contributed by atoms with E-state index in [9.17, 15) is 4.79 Å². The Morgan fingerprint density at radius 1 is 1.25 bits per heavy atom. The van der Waals surface area contributed by atoms with E-state index in [4.69, 9.17) is 9.15 Å². The fourth-order valence-electron chi connectivity index (χ4n) is 3.53. The van der Waals surface area contributed by atoms with Gasteiger partial charge in [0.15, 0.2) is 0 Å². The number of ether oxygens (including phenoxy) is 1. The Bertz CT molecular complexity index is 1170. The van der Waals surface area contributed by atoms with Crippen molar-refractivity contribution in [2.75, 3.05) is 6.61 Å². The smallest absolute Gasteiger partial charge is 0.341 e. The summed E-state index contributed by atoms with van der Waals surface area (Å²) in [4.78, 5) is 11.9. The van der Waals surface area contributed by atoms with Gasteiger partial charge in [0.2, 0.25) is 0 Å². The first-order valence-corrected chi connectivity index (χ1v) is 9.31. The van der Waals surface area contributed by atoms with E-state index in [1.165, 1.54) is 6.26 Å². The number of aryl methyl sites for hydroxylation is 2. The van der Waals surface area contributed by atoms with Crippen molar-refractivity contribution in [3.8, 4) is 22.5 Å². The average molecular weight is 378 g/mol. The van der Waals surface area contributed by atoms with E-state index in [1.807, 2.05) is 40.6 Å². The molecule has 0 aromatic carbocycles. The third kappa shape index (κ3) is 2.89. The SMILES string of the molecule is CCOC(=O)c1coc(-c2ccn3ncc(-c4c(C)nn(CC)c4C)c3c2)c1. The predicted molar refractivity (Wildman–Crippen MR) is 105 cm³/mol. The quantitative estimate of drug-likeness (QED) is 0.485. The van der Waals surface area contributed by atoms with Crippen LogP contribution in [0.2, 0.25) is 0 Å². The summed E-state index contributed by atoms with van der Waals surface area (Å²) in [6.07, 6.45) is 5.17. The Morgan fingerprint density at radius 3 is 2.79 bits per heavy atom. The number of hydrogen-bond acceptors (Lipinski definition) is 5. The van der Waals surface area contributed by atoms with E-state index in [2.05, 4.69) is 24.0 Å². The van der Waals surface area contributed by atoms with E-state index in [1.54, 1.807) is 13.0 Å². The standard InChI is InChI=1S/C21H22N4O3/c1-5-24-14(4)20(13(3)23-24)17-11-22-25-8-7-15(9-18(17)25)19-10-16(12-28-19)21(26)27-6-2/h7-12H,5-6H2,1-4H3. The van der Waals surface area contributed by atoms with Gasteiger partial charge in [0, 0.05) is 35.1 Å². The number of hydrogen-bond donors (Lipinski definition) is 0. The number of pyridine rings is 1. The second kappa shape index (κ2) is 6.99. The number of fused-ring (bicyclic) bond motifs is 1. The molecule has 7 nitrogen and oxygen atoms in total. The summed E-state index contributed by atoms with van der Waals surface area (Å²) in [6, 6.07) is 5.62. The molecule has 4 aromatic heterocycles. The number of rotatable bonds is 5. The van der Waals surface area contributed by atoms with E-state index in [0.29, 0.717) is 17.9 Å². The lowest BCUT2D eigenvalue weighted by atomic mass is 10.0. The van der Waals surface area contributed by atoms with Gasteiger partial charge in [-0.05, 0) is 45.9 Å². The maximum Gasteiger partial charge on any atom is 0.341 e. The molecule has 0 amide bonds. The maximum absolute atomic E-state index is 11.9. The topological polar surface area (TPSA) is 74.6 Å². The van der Waals surface area contributed by atoms with Gasteiger partial charge in [0.25, 0.3) is 0 Å². The first-order valence-electron chi connectivity index (χ1n) is 9.31. The van der Waals surface area contributed by atoms with Crippen LogP contribution in [0.5, 0.6) is 0 Å². The normalized spacial score (nSPS) is 11.3. The lowest BCUT2D eigenvalue weighted by Gasteiger charge is -2.03. The molecule has 4 rings (SSSR count). The minimum Gasteiger partial charge on any atom is -0.463 e. The van der Waals surface area contributed by atoms with Crippen molar-refractivity contribution in [1.82, 2.24) is 19.4 Å². The number of aromatic nitrogens is 4. The highest BCUT2D eigenvalue weighted by atomic mass is 16.5. The van der Waals surface area contributed by atoms with Gasteiger partial charge in [-0.25, -0.2) is 9.31 Å². The van der Waals surface area contributed by atoms with Gasteiger partial charge >= 0.3 is 5.97 Å². The molecular weight excluding hydrogens is 356 g/mol. The van der Waals surface area contributed by atoms with Crippen LogP contribution in [-0.4, -0.2) is 32.0 Å². The van der Waals surface area contributed by atoms with Crippen molar-refractivity contribution >= 4 is 11.5 Å². The van der Waals surface area contributed by atoms with Gasteiger partial charge in [-0.15, -0.1) is 0 Å². The molecule has 7 heteroatoms. The monoisotopic (exact) mass is 378 g/mol. The molecule has 0 aliphatic rings. The van der Waals surface area contributed by atoms with Gasteiger partial charge in [0.05, 0.1) is 29.6 Å². The second-order valence-corrected chi connectivity index (χ2v) is 6.59. The number of esters is 1. The van der Waals surface area contributed by atoms with Crippen LogP contribution in [0, 0.1) is 13.8 Å². The molecule has 4 heterocycles. The van der Waals surface area contributed by atoms with Crippen LogP contribution < -0.4 is 0 Å². The van der Waals surface area contributed by atoms with Crippen molar-refractivity contribution in [1.29, 1.82) is 0 Å². The molecule has 0 N–H and O–H groups in total. The van der Waals surface area contributed by atoms with Crippen molar-refractivity contribution in [2.45, 2.75) is 34.2 Å². The number of carbonyl (C=O) groups is 1. The highest BCUT2D eigenvalue weighted by Crippen LogP contribution is 2.33. The summed E-state index contributed by atoms with van der Waals surface area (Å²) in [5, 5.41) is 9.10. The Labute approximate surface area is 162 Å². The largest absolute Gasteiger partial charge is 0.463 e. The second-order valence-electron chi connectivity index (χ2n) is 6.59. The number of furan rings is 1. The van der Waals surface area contributed by atoms with Crippen molar-refractivity contribution < 1.29 is 13.9 Å². The molecular formula is C21H22N4O3. The molecule has 0 saturated heterocycles. The molecule has 0 aliphatic carbocycles. The molecule has 4 aromatic rings. The van der Waals surface area contributed by atoms with Gasteiger partial charge in [-0.3, -0.25) is 4.68 Å². The van der Waals surface area contributed by atoms with Crippen molar-refractivity contribution in [2.24, 2.45) is 0 Å². The van der Waals surface area contributed by atoms with Crippen LogP contribution in [0.1, 0.15) is 35.6 Å². The minimum absolute atomic E-state index is 0.328. The predicted octanol–water partition coefficient (Wildman–Crippen LogP) is 4.27. The van der Waals surface area contributed by atoms with Gasteiger partial charge in [-0.2, -0.15) is 10.2 Å². The van der Waals surface area contributed by atoms with E-state index < -0.39 is 0 Å². The van der Waals surface area contributed by atoms with Gasteiger partial charge in [-0.1, -0.05) is 0 Å². The molecule has 144 valence electrons. The molecule has 0 bridgehead atoms. The third-order valence-electron chi connectivity index (χ3n) is 4.87. The highest BCUT2D eigenvalue weighted by Gasteiger charge is 2.18. The fraction of sp³-hybridized carbons (Fsp3) is 0.286. The third-order valence-corrected chi connectivity index (χ3v) is 4.87. The molecule has 0 aliphatic heterocycles. The van der Waals surface area contributed by atoms with Crippen LogP contribution in [0.15, 0.2) is 41.3 Å². The zero-order chi connectivity index (χ0) is 19.8. The first-order chi connectivity index (χ1) is 13.5. The minimum atomic E-state index is -0.387. The molecule has 0 saturated carbocycles. The van der Waals surface area contributed by atoms with Gasteiger partial charge < -0.3 is 9.15 Å². The summed E-state index contributed by atoms with van der Waals surface area (Å²) >= 11 is 0. The van der Waals surface area contributed by atoms with Crippen molar-refractivity contribution in [3.63, 3.8) is 0 Å².